The molecule has 1 fully saturated rings. The number of Topliss-reactive ketones (excluding diaryl/α,β-unsaturated/α-hetero) is 3. The van der Waals surface area contributed by atoms with E-state index in [4.69, 9.17) is 0 Å². The average Bonchev–Trinajstić information content (AvgIpc) is 3.01. The number of aryl methyl sites for hydroxylation is 1. The molecule has 2 amide bonds. The number of rotatable bonds is 6. The fourth-order valence-corrected chi connectivity index (χ4v) is 4.80. The van der Waals surface area contributed by atoms with Crippen molar-refractivity contribution in [2.75, 3.05) is 6.26 Å². The fraction of sp³-hybridized carbons (Fsp3) is 0.292. The highest BCUT2D eigenvalue weighted by atomic mass is 32.2. The molecule has 1 atom stereocenters. The van der Waals surface area contributed by atoms with Crippen molar-refractivity contribution in [3.05, 3.63) is 64.7 Å². The van der Waals surface area contributed by atoms with E-state index in [1.807, 2.05) is 0 Å². The molecule has 1 aliphatic carbocycles. The SMILES string of the molecule is CS(=O)(=O)c1ccc(C(=O)CCc2ccc3c(c2)C(=O)N(C2CCC(=O)CC2=O)C3=O)cc1. The van der Waals surface area contributed by atoms with Crippen LogP contribution >= 0.6 is 0 Å². The molecule has 9 heteroatoms. The first-order valence-corrected chi connectivity index (χ1v) is 12.3. The van der Waals surface area contributed by atoms with Gasteiger partial charge in [0.15, 0.2) is 21.4 Å². The van der Waals surface area contributed by atoms with Gasteiger partial charge in [-0.1, -0.05) is 18.2 Å². The number of imide groups is 1. The minimum Gasteiger partial charge on any atom is -0.299 e. The Bertz CT molecular complexity index is 1310. The molecule has 0 spiro atoms. The van der Waals surface area contributed by atoms with Crippen molar-refractivity contribution in [1.82, 2.24) is 4.90 Å². The van der Waals surface area contributed by atoms with Crippen LogP contribution < -0.4 is 0 Å². The summed E-state index contributed by atoms with van der Waals surface area (Å²) >= 11 is 0. The Morgan fingerprint density at radius 2 is 1.64 bits per heavy atom. The highest BCUT2D eigenvalue weighted by molar-refractivity contribution is 7.90. The van der Waals surface area contributed by atoms with Crippen LogP contribution in [0.5, 0.6) is 0 Å². The molecule has 0 radical (unpaired) electrons. The van der Waals surface area contributed by atoms with Gasteiger partial charge in [-0.2, -0.15) is 0 Å². The topological polar surface area (TPSA) is 123 Å². The number of amides is 2. The van der Waals surface area contributed by atoms with Gasteiger partial charge in [0.25, 0.3) is 11.8 Å². The Morgan fingerprint density at radius 1 is 0.970 bits per heavy atom. The molecule has 1 unspecified atom stereocenters. The molecule has 1 aliphatic heterocycles. The third-order valence-electron chi connectivity index (χ3n) is 5.98. The quantitative estimate of drug-likeness (QED) is 0.362. The second-order valence-corrected chi connectivity index (χ2v) is 10.3. The van der Waals surface area contributed by atoms with Crippen LogP contribution in [0.1, 0.15) is 62.3 Å². The van der Waals surface area contributed by atoms with Crippen molar-refractivity contribution in [3.8, 4) is 0 Å². The van der Waals surface area contributed by atoms with Crippen molar-refractivity contribution >= 4 is 39.0 Å². The van der Waals surface area contributed by atoms with Crippen molar-refractivity contribution in [2.45, 2.75) is 43.0 Å². The lowest BCUT2D eigenvalue weighted by Crippen LogP contribution is -2.47. The highest BCUT2D eigenvalue weighted by Crippen LogP contribution is 2.30. The normalized spacial score (nSPS) is 18.6. The van der Waals surface area contributed by atoms with Gasteiger partial charge >= 0.3 is 0 Å². The lowest BCUT2D eigenvalue weighted by atomic mass is 9.92. The summed E-state index contributed by atoms with van der Waals surface area (Å²) < 4.78 is 23.1. The fourth-order valence-electron chi connectivity index (χ4n) is 4.17. The standard InChI is InChI=1S/C24H21NO7S/c1-33(31,32)17-7-4-15(5-8-17)21(27)11-3-14-2-9-18-19(12-14)24(30)25(23(18)29)20-10-6-16(26)13-22(20)28/h2,4-5,7-9,12,20H,3,6,10-11,13H2,1H3. The number of hydrogen-bond donors (Lipinski definition) is 0. The van der Waals surface area contributed by atoms with E-state index in [9.17, 15) is 32.4 Å². The Morgan fingerprint density at radius 3 is 2.27 bits per heavy atom. The van der Waals surface area contributed by atoms with Gasteiger partial charge in [0.2, 0.25) is 0 Å². The smallest absolute Gasteiger partial charge is 0.262 e. The van der Waals surface area contributed by atoms with Crippen LogP contribution in [0.15, 0.2) is 47.4 Å². The molecular formula is C24H21NO7S. The summed E-state index contributed by atoms with van der Waals surface area (Å²) in [5, 5.41) is 0. The zero-order valence-corrected chi connectivity index (χ0v) is 18.7. The Labute approximate surface area is 190 Å². The first-order chi connectivity index (χ1) is 15.6. The molecule has 0 N–H and O–H groups in total. The number of nitrogens with zero attached hydrogens (tertiary/aromatic N) is 1. The molecule has 1 heterocycles. The first kappa shape index (κ1) is 22.7. The Hall–Kier alpha value is -3.46. The number of ketones is 3. The minimum absolute atomic E-state index is 0.131. The maximum Gasteiger partial charge on any atom is 0.262 e. The van der Waals surface area contributed by atoms with Crippen molar-refractivity contribution in [2.24, 2.45) is 0 Å². The van der Waals surface area contributed by atoms with E-state index in [2.05, 4.69) is 0 Å². The van der Waals surface area contributed by atoms with Crippen LogP contribution in [0, 0.1) is 0 Å². The van der Waals surface area contributed by atoms with Crippen LogP contribution in [-0.2, 0) is 25.8 Å². The highest BCUT2D eigenvalue weighted by Gasteiger charge is 2.44. The second-order valence-electron chi connectivity index (χ2n) is 8.32. The molecule has 2 aliphatic rings. The van der Waals surface area contributed by atoms with Crippen LogP contribution in [0.2, 0.25) is 0 Å². The summed E-state index contributed by atoms with van der Waals surface area (Å²) in [6.45, 7) is 0. The molecule has 8 nitrogen and oxygen atoms in total. The maximum absolute atomic E-state index is 12.9. The molecule has 4 rings (SSSR count). The maximum atomic E-state index is 12.9. The molecule has 2 aromatic rings. The Balaban J connectivity index is 1.46. The van der Waals surface area contributed by atoms with E-state index in [-0.39, 0.29) is 53.3 Å². The number of fused-ring (bicyclic) bond motifs is 1. The van der Waals surface area contributed by atoms with Gasteiger partial charge < -0.3 is 0 Å². The van der Waals surface area contributed by atoms with E-state index in [0.29, 0.717) is 17.5 Å². The lowest BCUT2D eigenvalue weighted by Gasteiger charge is -2.27. The zero-order chi connectivity index (χ0) is 23.9. The van der Waals surface area contributed by atoms with Crippen LogP contribution in [-0.4, -0.2) is 54.8 Å². The number of carbonyl (C=O) groups excluding carboxylic acids is 5. The lowest BCUT2D eigenvalue weighted by molar-refractivity contribution is -0.132. The molecule has 33 heavy (non-hydrogen) atoms. The predicted molar refractivity (Wildman–Crippen MR) is 117 cm³/mol. The largest absolute Gasteiger partial charge is 0.299 e. The monoisotopic (exact) mass is 467 g/mol. The van der Waals surface area contributed by atoms with Crippen LogP contribution in [0.3, 0.4) is 0 Å². The van der Waals surface area contributed by atoms with Crippen LogP contribution in [0.25, 0.3) is 0 Å². The summed E-state index contributed by atoms with van der Waals surface area (Å²) in [5.74, 6) is -1.90. The van der Waals surface area contributed by atoms with E-state index in [1.54, 1.807) is 12.1 Å². The van der Waals surface area contributed by atoms with E-state index < -0.39 is 33.5 Å². The third-order valence-corrected chi connectivity index (χ3v) is 7.11. The molecular weight excluding hydrogens is 446 g/mol. The first-order valence-electron chi connectivity index (χ1n) is 10.4. The van der Waals surface area contributed by atoms with Crippen molar-refractivity contribution in [3.63, 3.8) is 0 Å². The van der Waals surface area contributed by atoms with Gasteiger partial charge in [-0.25, -0.2) is 8.42 Å². The zero-order valence-electron chi connectivity index (χ0n) is 17.9. The average molecular weight is 467 g/mol. The molecule has 1 saturated carbocycles. The molecule has 0 aromatic heterocycles. The van der Waals surface area contributed by atoms with E-state index in [1.165, 1.54) is 30.3 Å². The predicted octanol–water partition coefficient (Wildman–Crippen LogP) is 2.19. The van der Waals surface area contributed by atoms with Gasteiger partial charge in [0.1, 0.15) is 5.78 Å². The molecule has 2 aromatic carbocycles. The van der Waals surface area contributed by atoms with Crippen molar-refractivity contribution in [1.29, 1.82) is 0 Å². The van der Waals surface area contributed by atoms with Gasteiger partial charge in [0, 0.05) is 24.7 Å². The number of sulfone groups is 1. The molecule has 0 bridgehead atoms. The molecule has 0 saturated heterocycles. The van der Waals surface area contributed by atoms with Crippen LogP contribution in [0.4, 0.5) is 0 Å². The summed E-state index contributed by atoms with van der Waals surface area (Å²) in [6.07, 6.45) is 1.57. The third kappa shape index (κ3) is 4.41. The van der Waals surface area contributed by atoms with Gasteiger partial charge in [-0.05, 0) is 42.7 Å². The van der Waals surface area contributed by atoms with E-state index in [0.717, 1.165) is 11.2 Å². The van der Waals surface area contributed by atoms with Crippen molar-refractivity contribution < 1.29 is 32.4 Å². The number of carbonyl (C=O) groups is 5. The van der Waals surface area contributed by atoms with Gasteiger partial charge in [-0.15, -0.1) is 0 Å². The van der Waals surface area contributed by atoms with Gasteiger partial charge in [0.05, 0.1) is 28.5 Å². The Kier molecular flexibility index (Phi) is 5.84. The summed E-state index contributed by atoms with van der Waals surface area (Å²) in [7, 11) is -3.35. The summed E-state index contributed by atoms with van der Waals surface area (Å²) in [6, 6.07) is 9.53. The van der Waals surface area contributed by atoms with E-state index >= 15 is 0 Å². The number of hydrogen-bond acceptors (Lipinski definition) is 7. The molecule has 170 valence electrons. The number of benzene rings is 2. The minimum atomic E-state index is -3.35. The summed E-state index contributed by atoms with van der Waals surface area (Å²) in [4.78, 5) is 63.0. The van der Waals surface area contributed by atoms with Gasteiger partial charge in [-0.3, -0.25) is 28.9 Å². The second kappa shape index (κ2) is 8.47. The summed E-state index contributed by atoms with van der Waals surface area (Å²) in [5.41, 5.74) is 1.46.